The van der Waals surface area contributed by atoms with Gasteiger partial charge in [0.1, 0.15) is 0 Å². The molecule has 0 saturated carbocycles. The van der Waals surface area contributed by atoms with Crippen LogP contribution in [0.5, 0.6) is 0 Å². The number of hydrogen-bond donors (Lipinski definition) is 0. The Morgan fingerprint density at radius 2 is 0.524 bits per heavy atom. The van der Waals surface area contributed by atoms with E-state index in [9.17, 15) is 0 Å². The molecule has 2 nitrogen and oxygen atoms in total. The SMILES string of the molecule is c1ccc([Si](c2ccccc2)(c2ccccc2)c2cccc(-n3c4ccccc4c4cc(-n5c6cc([Si](c7ccccc7)(c7ccccc7)c7ccccc7)ccc6c6c7c8ccccc8c8ccccc8c7ccc65)ccc43)c2)cc1. The van der Waals surface area contributed by atoms with Gasteiger partial charge in [-0.2, -0.15) is 0 Å². The monoisotopic (exact) mass is 1070 g/mol. The van der Waals surface area contributed by atoms with E-state index < -0.39 is 16.1 Å². The lowest BCUT2D eigenvalue weighted by Crippen LogP contribution is -2.74. The molecule has 0 fully saturated rings. The summed E-state index contributed by atoms with van der Waals surface area (Å²) in [6, 6.07) is 124. The molecule has 16 aromatic rings. The summed E-state index contributed by atoms with van der Waals surface area (Å²) in [7, 11) is -5.76. The van der Waals surface area contributed by atoms with Gasteiger partial charge in [0.25, 0.3) is 0 Å². The van der Waals surface area contributed by atoms with Gasteiger partial charge in [0.05, 0.1) is 22.1 Å². The van der Waals surface area contributed by atoms with E-state index in [0.717, 1.165) is 11.4 Å². The van der Waals surface area contributed by atoms with Crippen LogP contribution in [0.2, 0.25) is 0 Å². The van der Waals surface area contributed by atoms with E-state index in [0.29, 0.717) is 0 Å². The molecule has 0 spiro atoms. The van der Waals surface area contributed by atoms with Crippen molar-refractivity contribution < 1.29 is 0 Å². The zero-order chi connectivity index (χ0) is 54.2. The first-order valence-corrected chi connectivity index (χ1v) is 32.5. The lowest BCUT2D eigenvalue weighted by atomic mass is 9.92. The third-order valence-corrected chi connectivity index (χ3v) is 27.3. The van der Waals surface area contributed by atoms with Crippen LogP contribution in [-0.2, 0) is 0 Å². The van der Waals surface area contributed by atoms with Crippen molar-refractivity contribution >= 4 is 134 Å². The van der Waals surface area contributed by atoms with Crippen LogP contribution in [0.3, 0.4) is 0 Å². The molecule has 2 aromatic heterocycles. The highest BCUT2D eigenvalue weighted by molar-refractivity contribution is 7.20. The quantitative estimate of drug-likeness (QED) is 0.0734. The summed E-state index contributed by atoms with van der Waals surface area (Å²) in [6.45, 7) is 0. The van der Waals surface area contributed by atoms with E-state index in [1.807, 2.05) is 0 Å². The zero-order valence-electron chi connectivity index (χ0n) is 45.1. The largest absolute Gasteiger partial charge is 0.309 e. The van der Waals surface area contributed by atoms with E-state index in [-0.39, 0.29) is 0 Å². The fourth-order valence-corrected chi connectivity index (χ4v) is 24.0. The maximum atomic E-state index is 2.59. The van der Waals surface area contributed by atoms with E-state index in [4.69, 9.17) is 0 Å². The van der Waals surface area contributed by atoms with E-state index >= 15 is 0 Å². The summed E-state index contributed by atoms with van der Waals surface area (Å²) >= 11 is 0. The number of aromatic nitrogens is 2. The predicted octanol–water partition coefficient (Wildman–Crippen LogP) is 14.1. The van der Waals surface area contributed by atoms with Gasteiger partial charge in [-0.3, -0.25) is 0 Å². The summed E-state index contributed by atoms with van der Waals surface area (Å²) in [4.78, 5) is 0. The number of nitrogens with zero attached hydrogens (tertiary/aromatic N) is 2. The van der Waals surface area contributed by atoms with Crippen molar-refractivity contribution in [3.63, 3.8) is 0 Å². The summed E-state index contributed by atoms with van der Waals surface area (Å²) in [5.41, 5.74) is 6.99. The van der Waals surface area contributed by atoms with Gasteiger partial charge in [-0.25, -0.2) is 0 Å². The molecule has 2 heterocycles. The molecule has 0 bridgehead atoms. The number of para-hydroxylation sites is 1. The van der Waals surface area contributed by atoms with Crippen molar-refractivity contribution in [2.75, 3.05) is 0 Å². The van der Waals surface area contributed by atoms with Gasteiger partial charge in [-0.1, -0.05) is 279 Å². The van der Waals surface area contributed by atoms with Gasteiger partial charge >= 0.3 is 0 Å². The van der Waals surface area contributed by atoms with Crippen LogP contribution in [0.25, 0.3) is 87.3 Å². The highest BCUT2D eigenvalue weighted by Gasteiger charge is 2.43. The first-order chi connectivity index (χ1) is 40.7. The molecule has 0 N–H and O–H groups in total. The highest BCUT2D eigenvalue weighted by Crippen LogP contribution is 2.44. The third-order valence-electron chi connectivity index (χ3n) is 17.8. The minimum Gasteiger partial charge on any atom is -0.309 e. The Kier molecular flexibility index (Phi) is 11.3. The normalized spacial score (nSPS) is 12.1. The smallest absolute Gasteiger partial charge is 0.179 e. The van der Waals surface area contributed by atoms with Crippen LogP contribution in [0.1, 0.15) is 0 Å². The fourth-order valence-electron chi connectivity index (χ4n) is 14.4. The number of benzene rings is 14. The second-order valence-electron chi connectivity index (χ2n) is 21.8. The van der Waals surface area contributed by atoms with Gasteiger partial charge in [0.15, 0.2) is 16.1 Å². The maximum Gasteiger partial charge on any atom is 0.179 e. The molecule has 82 heavy (non-hydrogen) atoms. The molecule has 384 valence electrons. The molecule has 0 saturated heterocycles. The molecule has 16 rings (SSSR count). The molecule has 0 unspecified atom stereocenters. The van der Waals surface area contributed by atoms with Crippen LogP contribution >= 0.6 is 0 Å². The Hall–Kier alpha value is -10.1. The Labute approximate surface area is 478 Å². The van der Waals surface area contributed by atoms with Crippen molar-refractivity contribution in [3.05, 3.63) is 328 Å². The molecule has 0 atom stereocenters. The molecular weight excluding hydrogens is 1020 g/mol. The minimum atomic E-state index is -2.94. The molecule has 0 radical (unpaired) electrons. The van der Waals surface area contributed by atoms with Crippen LogP contribution < -0.4 is 41.5 Å². The number of rotatable bonds is 10. The van der Waals surface area contributed by atoms with Crippen LogP contribution in [0.4, 0.5) is 0 Å². The molecule has 0 aliphatic heterocycles. The maximum absolute atomic E-state index is 2.94. The molecular formula is C78H54N2Si2. The van der Waals surface area contributed by atoms with E-state index in [2.05, 4.69) is 337 Å². The highest BCUT2D eigenvalue weighted by atomic mass is 28.3. The van der Waals surface area contributed by atoms with Crippen molar-refractivity contribution in [2.45, 2.75) is 0 Å². The first kappa shape index (κ1) is 47.9. The third kappa shape index (κ3) is 7.12. The number of fused-ring (bicyclic) bond motifs is 13. The Balaban J connectivity index is 0.987. The fraction of sp³-hybridized carbons (Fsp3) is 0. The van der Waals surface area contributed by atoms with Gasteiger partial charge in [-0.05, 0) is 117 Å². The Bertz CT molecular complexity index is 4850. The lowest BCUT2D eigenvalue weighted by Gasteiger charge is -2.34. The second-order valence-corrected chi connectivity index (χ2v) is 29.5. The minimum absolute atomic E-state index is 1.13. The van der Waals surface area contributed by atoms with Crippen LogP contribution in [0, 0.1) is 0 Å². The van der Waals surface area contributed by atoms with Gasteiger partial charge in [0, 0.05) is 38.3 Å². The molecule has 0 amide bonds. The van der Waals surface area contributed by atoms with Gasteiger partial charge in [0.2, 0.25) is 0 Å². The summed E-state index contributed by atoms with van der Waals surface area (Å²) < 4.78 is 5.09. The number of hydrogen-bond acceptors (Lipinski definition) is 0. The molecule has 14 aromatic carbocycles. The summed E-state index contributed by atoms with van der Waals surface area (Å²) in [6.07, 6.45) is 0. The summed E-state index contributed by atoms with van der Waals surface area (Å²) in [5.74, 6) is 0. The predicted molar refractivity (Wildman–Crippen MR) is 355 cm³/mol. The zero-order valence-corrected chi connectivity index (χ0v) is 47.1. The molecule has 4 heteroatoms. The van der Waals surface area contributed by atoms with Crippen LogP contribution in [0.15, 0.2) is 328 Å². The van der Waals surface area contributed by atoms with E-state index in [1.165, 1.54) is 117 Å². The Morgan fingerprint density at radius 1 is 0.171 bits per heavy atom. The average Bonchev–Trinajstić information content (AvgIpc) is 4.09. The second kappa shape index (κ2) is 19.3. The van der Waals surface area contributed by atoms with Crippen molar-refractivity contribution in [1.82, 2.24) is 9.13 Å². The van der Waals surface area contributed by atoms with Crippen molar-refractivity contribution in [1.29, 1.82) is 0 Å². The first-order valence-electron chi connectivity index (χ1n) is 28.5. The summed E-state index contributed by atoms with van der Waals surface area (Å²) in [5, 5.41) is 23.4. The van der Waals surface area contributed by atoms with E-state index in [1.54, 1.807) is 0 Å². The Morgan fingerprint density at radius 3 is 1.04 bits per heavy atom. The van der Waals surface area contributed by atoms with Crippen molar-refractivity contribution in [2.24, 2.45) is 0 Å². The van der Waals surface area contributed by atoms with Gasteiger partial charge < -0.3 is 9.13 Å². The molecule has 0 aliphatic carbocycles. The molecule has 0 aliphatic rings. The topological polar surface area (TPSA) is 9.86 Å². The average molecular weight is 1080 g/mol. The lowest BCUT2D eigenvalue weighted by molar-refractivity contribution is 1.17. The van der Waals surface area contributed by atoms with Crippen molar-refractivity contribution in [3.8, 4) is 11.4 Å². The van der Waals surface area contributed by atoms with Crippen LogP contribution in [-0.4, -0.2) is 25.3 Å². The van der Waals surface area contributed by atoms with Gasteiger partial charge in [-0.15, -0.1) is 0 Å². The standard InChI is InChI=1S/C78H54N2Si2/c1-7-27-57(28-8-1)81(58-29-9-2-10-30-58,59-31-11-3-12-32-59)63-39-25-26-55(52-63)79-73-45-24-23-43-68(73)72-53-56(46-50-74(72)79)80-75-51-49-70-67-42-20-19-40-65(67)66-41-21-22-44-69(66)77(70)78(75)71-48-47-64(54-76(71)80)82(60-33-13-4-14-34-60,61-35-15-5-16-36-61)62-37-17-6-18-38-62/h1-54H.